The third-order valence-corrected chi connectivity index (χ3v) is 5.65. The molecule has 1 amide bonds. The zero-order valence-corrected chi connectivity index (χ0v) is 19.2. The fourth-order valence-corrected chi connectivity index (χ4v) is 3.52. The average Bonchev–Trinajstić information content (AvgIpc) is 3.16. The van der Waals surface area contributed by atoms with Crippen molar-refractivity contribution >= 4 is 58.1 Å². The number of anilines is 1. The lowest BCUT2D eigenvalue weighted by Crippen LogP contribution is -2.49. The molecule has 9 heteroatoms. The van der Waals surface area contributed by atoms with E-state index < -0.39 is 3.79 Å². The highest BCUT2D eigenvalue weighted by Crippen LogP contribution is 2.30. The fourth-order valence-electron chi connectivity index (χ4n) is 3.21. The van der Waals surface area contributed by atoms with Gasteiger partial charge in [-0.1, -0.05) is 55.6 Å². The molecule has 0 atom stereocenters. The number of aliphatic imine (C=N–C) groups is 2. The number of hydrogen-bond acceptors (Lipinski definition) is 5. The molecule has 0 unspecified atom stereocenters. The monoisotopic (exact) mass is 457 g/mol. The van der Waals surface area contributed by atoms with Crippen molar-refractivity contribution in [1.29, 1.82) is 0 Å². The van der Waals surface area contributed by atoms with E-state index >= 15 is 0 Å². The average molecular weight is 459 g/mol. The van der Waals surface area contributed by atoms with Gasteiger partial charge in [-0.2, -0.15) is 0 Å². The SMILES string of the molecule is CC(C)(C)CCC(=O)N1CCN(c2cc(C3=NCC(C(Cl)(Cl)Cl)=N3)ccn2)CC1. The van der Waals surface area contributed by atoms with Crippen molar-refractivity contribution < 1.29 is 4.79 Å². The molecular weight excluding hydrogens is 433 g/mol. The van der Waals surface area contributed by atoms with E-state index in [1.54, 1.807) is 6.20 Å². The Bertz CT molecular complexity index is 818. The van der Waals surface area contributed by atoms with Crippen molar-refractivity contribution in [3.05, 3.63) is 23.9 Å². The number of nitrogens with zero attached hydrogens (tertiary/aromatic N) is 5. The van der Waals surface area contributed by atoms with Gasteiger partial charge in [0.15, 0.2) is 5.84 Å². The molecule has 29 heavy (non-hydrogen) atoms. The Morgan fingerprint density at radius 2 is 1.83 bits per heavy atom. The largest absolute Gasteiger partial charge is 0.353 e. The first kappa shape index (κ1) is 22.3. The summed E-state index contributed by atoms with van der Waals surface area (Å²) in [6, 6.07) is 3.79. The van der Waals surface area contributed by atoms with Crippen LogP contribution in [0.5, 0.6) is 0 Å². The standard InChI is InChI=1S/C20H26Cl3N5O/c1-19(2,3)6-4-17(29)28-10-8-27(9-11-28)16-12-14(5-7-24-16)18-25-13-15(26-18)20(21,22)23/h5,7,12H,4,6,8-11,13H2,1-3H3. The van der Waals surface area contributed by atoms with Gasteiger partial charge in [0.25, 0.3) is 0 Å². The smallest absolute Gasteiger partial charge is 0.230 e. The molecule has 0 saturated carbocycles. The summed E-state index contributed by atoms with van der Waals surface area (Å²) in [5.41, 5.74) is 1.42. The molecule has 3 heterocycles. The molecule has 0 aliphatic carbocycles. The highest BCUT2D eigenvalue weighted by atomic mass is 35.6. The van der Waals surface area contributed by atoms with E-state index in [9.17, 15) is 4.79 Å². The van der Waals surface area contributed by atoms with Crippen molar-refractivity contribution in [1.82, 2.24) is 9.88 Å². The van der Waals surface area contributed by atoms with Crippen molar-refractivity contribution in [2.24, 2.45) is 15.4 Å². The van der Waals surface area contributed by atoms with Crippen LogP contribution in [-0.4, -0.2) is 63.9 Å². The van der Waals surface area contributed by atoms with E-state index in [0.29, 0.717) is 31.1 Å². The summed E-state index contributed by atoms with van der Waals surface area (Å²) in [4.78, 5) is 29.8. The Hall–Kier alpha value is -1.37. The first-order valence-corrected chi connectivity index (χ1v) is 10.8. The number of rotatable bonds is 4. The molecule has 0 N–H and O–H groups in total. The first-order chi connectivity index (χ1) is 13.5. The first-order valence-electron chi connectivity index (χ1n) is 9.71. The van der Waals surface area contributed by atoms with Crippen LogP contribution in [-0.2, 0) is 4.79 Å². The molecule has 1 saturated heterocycles. The van der Waals surface area contributed by atoms with Gasteiger partial charge in [-0.3, -0.25) is 9.79 Å². The Balaban J connectivity index is 1.60. The third kappa shape index (κ3) is 6.06. The molecule has 6 nitrogen and oxygen atoms in total. The zero-order valence-electron chi connectivity index (χ0n) is 17.0. The van der Waals surface area contributed by atoms with Gasteiger partial charge in [-0.15, -0.1) is 0 Å². The number of carbonyl (C=O) groups is 1. The molecule has 1 aromatic rings. The quantitative estimate of drug-likeness (QED) is 0.637. The van der Waals surface area contributed by atoms with Gasteiger partial charge in [0, 0.05) is 44.4 Å². The molecule has 0 radical (unpaired) electrons. The molecule has 1 aromatic heterocycles. The van der Waals surface area contributed by atoms with E-state index in [1.807, 2.05) is 17.0 Å². The fraction of sp³-hybridized carbons (Fsp3) is 0.600. The van der Waals surface area contributed by atoms with Gasteiger partial charge in [0.05, 0.1) is 12.3 Å². The van der Waals surface area contributed by atoms with E-state index in [1.165, 1.54) is 0 Å². The van der Waals surface area contributed by atoms with E-state index in [2.05, 4.69) is 40.6 Å². The molecule has 3 rings (SSSR count). The minimum atomic E-state index is -1.54. The summed E-state index contributed by atoms with van der Waals surface area (Å²) in [5.74, 6) is 1.62. The normalized spacial score (nSPS) is 18.0. The van der Waals surface area contributed by atoms with Gasteiger partial charge in [-0.25, -0.2) is 9.98 Å². The van der Waals surface area contributed by atoms with Crippen LogP contribution in [0.25, 0.3) is 0 Å². The van der Waals surface area contributed by atoms with Crippen LogP contribution < -0.4 is 4.90 Å². The van der Waals surface area contributed by atoms with Gasteiger partial charge in [0.2, 0.25) is 9.70 Å². The Morgan fingerprint density at radius 1 is 1.14 bits per heavy atom. The van der Waals surface area contributed by atoms with E-state index in [4.69, 9.17) is 34.8 Å². The van der Waals surface area contributed by atoms with Gasteiger partial charge >= 0.3 is 0 Å². The maximum Gasteiger partial charge on any atom is 0.230 e. The predicted octanol–water partition coefficient (Wildman–Crippen LogP) is 4.13. The number of piperazine rings is 1. The van der Waals surface area contributed by atoms with Crippen molar-refractivity contribution in [3.8, 4) is 0 Å². The number of carbonyl (C=O) groups excluding carboxylic acids is 1. The lowest BCUT2D eigenvalue weighted by Gasteiger charge is -2.36. The van der Waals surface area contributed by atoms with Crippen LogP contribution in [0.15, 0.2) is 28.3 Å². The Morgan fingerprint density at radius 3 is 2.41 bits per heavy atom. The molecule has 0 bridgehead atoms. The molecule has 0 spiro atoms. The number of amidine groups is 1. The highest BCUT2D eigenvalue weighted by molar-refractivity contribution is 6.77. The minimum absolute atomic E-state index is 0.170. The maximum absolute atomic E-state index is 12.5. The van der Waals surface area contributed by atoms with Crippen LogP contribution in [0.1, 0.15) is 39.2 Å². The van der Waals surface area contributed by atoms with Gasteiger partial charge < -0.3 is 9.80 Å². The number of halogens is 3. The number of pyridine rings is 1. The summed E-state index contributed by atoms with van der Waals surface area (Å²) in [5, 5.41) is 0. The topological polar surface area (TPSA) is 61.2 Å². The second-order valence-corrected chi connectivity index (χ2v) is 10.8. The summed E-state index contributed by atoms with van der Waals surface area (Å²) in [6.07, 6.45) is 3.23. The zero-order chi connectivity index (χ0) is 21.2. The Kier molecular flexibility index (Phi) is 6.76. The second-order valence-electron chi connectivity index (χ2n) is 8.53. The molecule has 0 aromatic carbocycles. The van der Waals surface area contributed by atoms with Gasteiger partial charge in [0.1, 0.15) is 5.82 Å². The van der Waals surface area contributed by atoms with Crippen molar-refractivity contribution in [2.75, 3.05) is 37.6 Å². The summed E-state index contributed by atoms with van der Waals surface area (Å²) in [6.45, 7) is 9.64. The van der Waals surface area contributed by atoms with Crippen LogP contribution in [0.4, 0.5) is 5.82 Å². The molecule has 1 fully saturated rings. The highest BCUT2D eigenvalue weighted by Gasteiger charge is 2.31. The second kappa shape index (κ2) is 8.78. The van der Waals surface area contributed by atoms with Crippen molar-refractivity contribution in [3.63, 3.8) is 0 Å². The molecule has 2 aliphatic rings. The van der Waals surface area contributed by atoms with Crippen LogP contribution in [0.2, 0.25) is 0 Å². The minimum Gasteiger partial charge on any atom is -0.353 e. The lowest BCUT2D eigenvalue weighted by molar-refractivity contribution is -0.132. The summed E-state index contributed by atoms with van der Waals surface area (Å²) < 4.78 is -1.54. The summed E-state index contributed by atoms with van der Waals surface area (Å²) in [7, 11) is 0. The van der Waals surface area contributed by atoms with Crippen molar-refractivity contribution in [2.45, 2.75) is 37.4 Å². The number of aromatic nitrogens is 1. The van der Waals surface area contributed by atoms with Crippen LogP contribution in [0.3, 0.4) is 0 Å². The lowest BCUT2D eigenvalue weighted by atomic mass is 9.90. The van der Waals surface area contributed by atoms with Gasteiger partial charge in [-0.05, 0) is 24.0 Å². The Labute approximate surface area is 186 Å². The molecule has 158 valence electrons. The number of hydrogen-bond donors (Lipinski definition) is 0. The number of alkyl halides is 3. The van der Waals surface area contributed by atoms with E-state index in [-0.39, 0.29) is 17.9 Å². The number of amides is 1. The maximum atomic E-state index is 12.5. The predicted molar refractivity (Wildman–Crippen MR) is 121 cm³/mol. The van der Waals surface area contributed by atoms with Crippen LogP contribution in [0, 0.1) is 5.41 Å². The van der Waals surface area contributed by atoms with E-state index in [0.717, 1.165) is 30.9 Å². The van der Waals surface area contributed by atoms with Crippen LogP contribution >= 0.6 is 34.8 Å². The molecule has 2 aliphatic heterocycles. The summed E-state index contributed by atoms with van der Waals surface area (Å²) >= 11 is 17.7. The molecular formula is C20H26Cl3N5O. The third-order valence-electron chi connectivity index (χ3n) is 5.00.